The normalized spacial score (nSPS) is 23.3. The predicted molar refractivity (Wildman–Crippen MR) is 110 cm³/mol. The molecule has 1 amide bonds. The zero-order chi connectivity index (χ0) is 16.5. The van der Waals surface area contributed by atoms with E-state index in [1.165, 1.54) is 38.9 Å². The first-order chi connectivity index (χ1) is 11.2. The molecule has 0 aliphatic carbocycles. The number of halogens is 1. The van der Waals surface area contributed by atoms with Gasteiger partial charge in [0.2, 0.25) is 5.91 Å². The minimum Gasteiger partial charge on any atom is -0.357 e. The van der Waals surface area contributed by atoms with Crippen molar-refractivity contribution in [2.75, 3.05) is 39.3 Å². The highest BCUT2D eigenvalue weighted by Crippen LogP contribution is 2.20. The van der Waals surface area contributed by atoms with Crippen LogP contribution in [0.15, 0.2) is 4.99 Å². The van der Waals surface area contributed by atoms with Crippen molar-refractivity contribution >= 4 is 35.8 Å². The molecule has 24 heavy (non-hydrogen) atoms. The van der Waals surface area contributed by atoms with Gasteiger partial charge >= 0.3 is 0 Å². The molecule has 7 heteroatoms. The van der Waals surface area contributed by atoms with Crippen molar-refractivity contribution in [3.8, 4) is 0 Å². The number of rotatable bonds is 6. The number of carbonyl (C=O) groups is 1. The van der Waals surface area contributed by atoms with E-state index in [0.717, 1.165) is 31.4 Å². The van der Waals surface area contributed by atoms with Gasteiger partial charge in [-0.3, -0.25) is 9.79 Å². The fraction of sp³-hybridized carbons (Fsp3) is 0.882. The maximum Gasteiger partial charge on any atom is 0.220 e. The van der Waals surface area contributed by atoms with E-state index in [1.54, 1.807) is 0 Å². The number of hydrogen-bond acceptors (Lipinski definition) is 3. The van der Waals surface area contributed by atoms with Crippen LogP contribution in [-0.2, 0) is 4.79 Å². The van der Waals surface area contributed by atoms with Gasteiger partial charge in [0.1, 0.15) is 0 Å². The molecule has 2 aliphatic heterocycles. The van der Waals surface area contributed by atoms with Crippen molar-refractivity contribution < 1.29 is 4.79 Å². The zero-order valence-electron chi connectivity index (χ0n) is 15.1. The Morgan fingerprint density at radius 3 is 2.62 bits per heavy atom. The highest BCUT2D eigenvalue weighted by molar-refractivity contribution is 14.0. The number of guanidine groups is 1. The summed E-state index contributed by atoms with van der Waals surface area (Å²) in [7, 11) is 0. The molecule has 6 nitrogen and oxygen atoms in total. The third kappa shape index (κ3) is 7.55. The van der Waals surface area contributed by atoms with Crippen molar-refractivity contribution in [2.45, 2.75) is 52.0 Å². The molecular formula is C17H34IN5O. The first-order valence-corrected chi connectivity index (χ1v) is 9.25. The van der Waals surface area contributed by atoms with E-state index in [1.807, 2.05) is 0 Å². The van der Waals surface area contributed by atoms with Crippen molar-refractivity contribution in [1.82, 2.24) is 20.9 Å². The molecule has 0 aromatic rings. The zero-order valence-corrected chi connectivity index (χ0v) is 17.5. The van der Waals surface area contributed by atoms with E-state index < -0.39 is 0 Å². The van der Waals surface area contributed by atoms with Gasteiger partial charge in [-0.05, 0) is 58.2 Å². The number of nitrogens with zero attached hydrogens (tertiary/aromatic N) is 2. The Bertz CT molecular complexity index is 386. The lowest BCUT2D eigenvalue weighted by Gasteiger charge is -2.30. The molecule has 2 aliphatic rings. The predicted octanol–water partition coefficient (Wildman–Crippen LogP) is 1.56. The molecule has 2 saturated heterocycles. The Balaban J connectivity index is 0.00000288. The third-order valence-electron chi connectivity index (χ3n) is 4.91. The standard InChI is InChI=1S/C17H33N5O.HI/c1-3-18-17(21-15-5-6-16(23)20-13-15)19-10-7-14-8-11-22(4-2)12-9-14;/h14-15H,3-13H2,1-2H3,(H,20,23)(H2,18,19,21);1H. The van der Waals surface area contributed by atoms with Gasteiger partial charge in [-0.25, -0.2) is 0 Å². The van der Waals surface area contributed by atoms with Crippen LogP contribution in [0.25, 0.3) is 0 Å². The number of amides is 1. The Morgan fingerprint density at radius 2 is 2.04 bits per heavy atom. The fourth-order valence-electron chi connectivity index (χ4n) is 3.32. The van der Waals surface area contributed by atoms with Crippen LogP contribution in [0.2, 0.25) is 0 Å². The number of likely N-dealkylation sites (tertiary alicyclic amines) is 1. The number of piperidine rings is 2. The first-order valence-electron chi connectivity index (χ1n) is 9.25. The first kappa shape index (κ1) is 21.5. The Morgan fingerprint density at radius 1 is 1.29 bits per heavy atom. The SMILES string of the molecule is CCNC(=NCCC1CCN(CC)CC1)NC1CCC(=O)NC1.I. The van der Waals surface area contributed by atoms with E-state index >= 15 is 0 Å². The van der Waals surface area contributed by atoms with Gasteiger partial charge in [-0.2, -0.15) is 0 Å². The second kappa shape index (κ2) is 11.9. The van der Waals surface area contributed by atoms with Crippen LogP contribution in [0.3, 0.4) is 0 Å². The molecule has 140 valence electrons. The monoisotopic (exact) mass is 451 g/mol. The van der Waals surface area contributed by atoms with Crippen molar-refractivity contribution in [2.24, 2.45) is 10.9 Å². The lowest BCUT2D eigenvalue weighted by Crippen LogP contribution is -2.51. The van der Waals surface area contributed by atoms with E-state index in [0.29, 0.717) is 19.0 Å². The summed E-state index contributed by atoms with van der Waals surface area (Å²) in [6.07, 6.45) is 5.28. The number of hydrogen-bond donors (Lipinski definition) is 3. The second-order valence-corrected chi connectivity index (χ2v) is 6.61. The van der Waals surface area contributed by atoms with Gasteiger partial charge in [-0.1, -0.05) is 6.92 Å². The number of aliphatic imine (C=N–C) groups is 1. The Kier molecular flexibility index (Phi) is 10.6. The van der Waals surface area contributed by atoms with Crippen LogP contribution >= 0.6 is 24.0 Å². The van der Waals surface area contributed by atoms with Crippen molar-refractivity contribution in [3.63, 3.8) is 0 Å². The molecule has 1 unspecified atom stereocenters. The molecule has 1 atom stereocenters. The summed E-state index contributed by atoms with van der Waals surface area (Å²) in [5, 5.41) is 9.67. The van der Waals surface area contributed by atoms with Gasteiger partial charge in [0, 0.05) is 32.1 Å². The van der Waals surface area contributed by atoms with Gasteiger partial charge in [0.05, 0.1) is 0 Å². The maximum absolute atomic E-state index is 11.2. The van der Waals surface area contributed by atoms with E-state index in [4.69, 9.17) is 4.99 Å². The quantitative estimate of drug-likeness (QED) is 0.326. The van der Waals surface area contributed by atoms with Crippen LogP contribution in [-0.4, -0.2) is 62.1 Å². The molecule has 0 aromatic heterocycles. The minimum atomic E-state index is 0. The largest absolute Gasteiger partial charge is 0.357 e. The minimum absolute atomic E-state index is 0. The number of carbonyl (C=O) groups excluding carboxylic acids is 1. The Hall–Kier alpha value is -0.570. The average molecular weight is 451 g/mol. The van der Waals surface area contributed by atoms with Crippen LogP contribution < -0.4 is 16.0 Å². The van der Waals surface area contributed by atoms with Gasteiger partial charge in [0.15, 0.2) is 5.96 Å². The third-order valence-corrected chi connectivity index (χ3v) is 4.91. The lowest BCUT2D eigenvalue weighted by atomic mass is 9.94. The summed E-state index contributed by atoms with van der Waals surface area (Å²) < 4.78 is 0. The summed E-state index contributed by atoms with van der Waals surface area (Å²) in [5.41, 5.74) is 0. The molecule has 2 heterocycles. The summed E-state index contributed by atoms with van der Waals surface area (Å²) in [6, 6.07) is 0.290. The van der Waals surface area contributed by atoms with Crippen LogP contribution in [0.5, 0.6) is 0 Å². The molecule has 2 rings (SSSR count). The Labute approximate surface area is 163 Å². The summed E-state index contributed by atoms with van der Waals surface area (Å²) in [4.78, 5) is 18.5. The van der Waals surface area contributed by atoms with Crippen LogP contribution in [0.1, 0.15) is 46.0 Å². The fourth-order valence-corrected chi connectivity index (χ4v) is 3.32. The molecule has 0 spiro atoms. The van der Waals surface area contributed by atoms with Gasteiger partial charge < -0.3 is 20.9 Å². The van der Waals surface area contributed by atoms with Crippen molar-refractivity contribution in [1.29, 1.82) is 0 Å². The molecule has 0 bridgehead atoms. The van der Waals surface area contributed by atoms with E-state index in [2.05, 4.69) is 34.7 Å². The second-order valence-electron chi connectivity index (χ2n) is 6.61. The summed E-state index contributed by atoms with van der Waals surface area (Å²) in [6.45, 7) is 10.4. The molecule has 0 radical (unpaired) electrons. The molecular weight excluding hydrogens is 417 g/mol. The molecule has 0 aromatic carbocycles. The van der Waals surface area contributed by atoms with Crippen LogP contribution in [0.4, 0.5) is 0 Å². The van der Waals surface area contributed by atoms with Crippen LogP contribution in [0, 0.1) is 5.92 Å². The number of nitrogens with one attached hydrogen (secondary N) is 3. The average Bonchev–Trinajstić information content (AvgIpc) is 2.58. The maximum atomic E-state index is 11.2. The molecule has 0 saturated carbocycles. The molecule has 2 fully saturated rings. The summed E-state index contributed by atoms with van der Waals surface area (Å²) >= 11 is 0. The van der Waals surface area contributed by atoms with E-state index in [-0.39, 0.29) is 29.9 Å². The molecule has 3 N–H and O–H groups in total. The summed E-state index contributed by atoms with van der Waals surface area (Å²) in [5.74, 6) is 1.86. The topological polar surface area (TPSA) is 68.8 Å². The smallest absolute Gasteiger partial charge is 0.220 e. The van der Waals surface area contributed by atoms with Crippen molar-refractivity contribution in [3.05, 3.63) is 0 Å². The highest BCUT2D eigenvalue weighted by Gasteiger charge is 2.19. The highest BCUT2D eigenvalue weighted by atomic mass is 127. The lowest BCUT2D eigenvalue weighted by molar-refractivity contribution is -0.122. The van der Waals surface area contributed by atoms with Gasteiger partial charge in [-0.15, -0.1) is 24.0 Å². The van der Waals surface area contributed by atoms with Gasteiger partial charge in [0.25, 0.3) is 0 Å². The van der Waals surface area contributed by atoms with E-state index in [9.17, 15) is 4.79 Å².